The van der Waals surface area contributed by atoms with Gasteiger partial charge in [0.2, 0.25) is 5.78 Å². The number of Topliss-reactive ketones (excluding diaryl/α,β-unsaturated/α-hetero) is 1. The minimum absolute atomic E-state index is 0.146. The molecule has 0 spiro atoms. The largest absolute Gasteiger partial charge is 0.507 e. The fourth-order valence-electron chi connectivity index (χ4n) is 4.35. The standard InChI is InChI=1S/C23H23Cl2NO3/c1-13-7-14(2)11-26(10-13)12-18-20(27)6-5-17-22(28)21(29-23(17)18)8-15-3-4-16(24)9-19(15)25/h3-6,8-9,13-14,27H,7,10-12H2,1-2H3/b21-8-/t13-,14-/m0/s1. The zero-order valence-electron chi connectivity index (χ0n) is 16.4. The Morgan fingerprint density at radius 2 is 1.90 bits per heavy atom. The number of hydrogen-bond acceptors (Lipinski definition) is 4. The van der Waals surface area contributed by atoms with E-state index >= 15 is 0 Å². The molecule has 0 saturated carbocycles. The second-order valence-electron chi connectivity index (χ2n) is 8.19. The normalized spacial score (nSPS) is 23.3. The van der Waals surface area contributed by atoms with Crippen LogP contribution in [0.5, 0.6) is 11.5 Å². The summed E-state index contributed by atoms with van der Waals surface area (Å²) in [5.41, 5.74) is 1.77. The molecule has 6 heteroatoms. The molecule has 152 valence electrons. The summed E-state index contributed by atoms with van der Waals surface area (Å²) < 4.78 is 5.95. The Bertz CT molecular complexity index is 992. The molecule has 2 aromatic rings. The van der Waals surface area contributed by atoms with Crippen molar-refractivity contribution >= 4 is 35.1 Å². The summed E-state index contributed by atoms with van der Waals surface area (Å²) in [7, 11) is 0. The van der Waals surface area contributed by atoms with Gasteiger partial charge in [0.1, 0.15) is 11.5 Å². The van der Waals surface area contributed by atoms with E-state index in [4.69, 9.17) is 27.9 Å². The van der Waals surface area contributed by atoms with Crippen LogP contribution in [0.25, 0.3) is 6.08 Å². The van der Waals surface area contributed by atoms with Crippen molar-refractivity contribution in [2.75, 3.05) is 13.1 Å². The number of nitrogens with zero attached hydrogens (tertiary/aromatic N) is 1. The van der Waals surface area contributed by atoms with Gasteiger partial charge >= 0.3 is 0 Å². The molecule has 0 aromatic heterocycles. The number of aromatic hydroxyl groups is 1. The van der Waals surface area contributed by atoms with Gasteiger partial charge in [0, 0.05) is 29.7 Å². The number of fused-ring (bicyclic) bond motifs is 1. The predicted molar refractivity (Wildman–Crippen MR) is 116 cm³/mol. The molecule has 0 bridgehead atoms. The maximum absolute atomic E-state index is 12.9. The maximum Gasteiger partial charge on any atom is 0.231 e. The summed E-state index contributed by atoms with van der Waals surface area (Å²) in [5.74, 6) is 1.76. The van der Waals surface area contributed by atoms with E-state index < -0.39 is 0 Å². The molecule has 1 fully saturated rings. The third-order valence-corrected chi connectivity index (χ3v) is 6.05. The predicted octanol–water partition coefficient (Wildman–Crippen LogP) is 5.79. The number of phenols is 1. The van der Waals surface area contributed by atoms with Crippen LogP contribution < -0.4 is 4.74 Å². The van der Waals surface area contributed by atoms with Crippen LogP contribution in [0.2, 0.25) is 10.0 Å². The molecule has 0 amide bonds. The molecule has 29 heavy (non-hydrogen) atoms. The van der Waals surface area contributed by atoms with Crippen molar-refractivity contribution in [1.82, 2.24) is 4.90 Å². The summed E-state index contributed by atoms with van der Waals surface area (Å²) in [6, 6.07) is 8.26. The molecule has 2 aliphatic rings. The van der Waals surface area contributed by atoms with Crippen molar-refractivity contribution < 1.29 is 14.6 Å². The van der Waals surface area contributed by atoms with Crippen molar-refractivity contribution in [1.29, 1.82) is 0 Å². The van der Waals surface area contributed by atoms with E-state index in [2.05, 4.69) is 18.7 Å². The van der Waals surface area contributed by atoms with Gasteiger partial charge in [-0.2, -0.15) is 0 Å². The third-order valence-electron chi connectivity index (χ3n) is 5.49. The Hall–Kier alpha value is -2.01. The molecule has 0 radical (unpaired) electrons. The summed E-state index contributed by atoms with van der Waals surface area (Å²) in [4.78, 5) is 15.2. The van der Waals surface area contributed by atoms with Crippen molar-refractivity contribution in [2.45, 2.75) is 26.8 Å². The van der Waals surface area contributed by atoms with E-state index in [1.54, 1.807) is 36.4 Å². The molecule has 0 aliphatic carbocycles. The Morgan fingerprint density at radius 3 is 2.59 bits per heavy atom. The number of allylic oxidation sites excluding steroid dienone is 1. The van der Waals surface area contributed by atoms with Crippen LogP contribution in [-0.2, 0) is 6.54 Å². The number of piperidine rings is 1. The summed E-state index contributed by atoms with van der Waals surface area (Å²) in [6.07, 6.45) is 2.83. The van der Waals surface area contributed by atoms with Gasteiger partial charge in [-0.25, -0.2) is 0 Å². The van der Waals surface area contributed by atoms with Crippen LogP contribution >= 0.6 is 23.2 Å². The number of ether oxygens (including phenoxy) is 1. The highest BCUT2D eigenvalue weighted by molar-refractivity contribution is 6.35. The lowest BCUT2D eigenvalue weighted by Crippen LogP contribution is -2.38. The first-order valence-corrected chi connectivity index (χ1v) is 10.5. The van der Waals surface area contributed by atoms with Crippen LogP contribution in [0, 0.1) is 11.8 Å². The Kier molecular flexibility index (Phi) is 5.60. The molecule has 4 nitrogen and oxygen atoms in total. The van der Waals surface area contributed by atoms with Crippen LogP contribution in [0.1, 0.15) is 41.8 Å². The summed E-state index contributed by atoms with van der Waals surface area (Å²) >= 11 is 12.2. The zero-order chi connectivity index (χ0) is 20.7. The number of benzene rings is 2. The number of ketones is 1. The van der Waals surface area contributed by atoms with E-state index in [0.717, 1.165) is 13.1 Å². The van der Waals surface area contributed by atoms with Gasteiger partial charge < -0.3 is 9.84 Å². The van der Waals surface area contributed by atoms with Gasteiger partial charge in [-0.05, 0) is 54.2 Å². The van der Waals surface area contributed by atoms with E-state index in [1.807, 2.05) is 0 Å². The molecule has 2 aliphatic heterocycles. The molecule has 4 rings (SSSR count). The second-order valence-corrected chi connectivity index (χ2v) is 9.03. The van der Waals surface area contributed by atoms with Gasteiger partial charge in [-0.3, -0.25) is 9.69 Å². The first-order chi connectivity index (χ1) is 13.8. The first kappa shape index (κ1) is 20.3. The van der Waals surface area contributed by atoms with Crippen molar-refractivity contribution in [3.8, 4) is 11.5 Å². The van der Waals surface area contributed by atoms with Gasteiger partial charge in [0.05, 0.1) is 11.1 Å². The summed E-state index contributed by atoms with van der Waals surface area (Å²) in [6.45, 7) is 6.96. The smallest absolute Gasteiger partial charge is 0.231 e. The minimum Gasteiger partial charge on any atom is -0.507 e. The Labute approximate surface area is 180 Å². The van der Waals surface area contributed by atoms with E-state index in [-0.39, 0.29) is 17.3 Å². The first-order valence-electron chi connectivity index (χ1n) is 9.78. The minimum atomic E-state index is -0.215. The van der Waals surface area contributed by atoms with Crippen LogP contribution in [0.15, 0.2) is 36.1 Å². The van der Waals surface area contributed by atoms with Gasteiger partial charge in [0.25, 0.3) is 0 Å². The van der Waals surface area contributed by atoms with E-state index in [1.165, 1.54) is 6.42 Å². The highest BCUT2D eigenvalue weighted by atomic mass is 35.5. The quantitative estimate of drug-likeness (QED) is 0.624. The summed E-state index contributed by atoms with van der Waals surface area (Å²) in [5, 5.41) is 11.5. The van der Waals surface area contributed by atoms with Crippen molar-refractivity contribution in [2.24, 2.45) is 11.8 Å². The third kappa shape index (κ3) is 4.16. The second kappa shape index (κ2) is 8.02. The van der Waals surface area contributed by atoms with Gasteiger partial charge in [-0.15, -0.1) is 0 Å². The van der Waals surface area contributed by atoms with Crippen molar-refractivity contribution in [3.63, 3.8) is 0 Å². The number of phenolic OH excluding ortho intramolecular Hbond substituents is 1. The van der Waals surface area contributed by atoms with Crippen LogP contribution in [-0.4, -0.2) is 28.9 Å². The molecular weight excluding hydrogens is 409 g/mol. The molecular formula is C23H23Cl2NO3. The van der Waals surface area contributed by atoms with Crippen LogP contribution in [0.3, 0.4) is 0 Å². The SMILES string of the molecule is C[C@H]1C[C@H](C)CN(Cc2c(O)ccc3c2O/C(=C\c2ccc(Cl)cc2Cl)C3=O)C1. The zero-order valence-corrected chi connectivity index (χ0v) is 17.9. The highest BCUT2D eigenvalue weighted by Gasteiger charge is 2.32. The number of halogens is 2. The van der Waals surface area contributed by atoms with Crippen LogP contribution in [0.4, 0.5) is 0 Å². The lowest BCUT2D eigenvalue weighted by Gasteiger charge is -2.35. The Morgan fingerprint density at radius 1 is 1.17 bits per heavy atom. The topological polar surface area (TPSA) is 49.8 Å². The molecule has 1 saturated heterocycles. The number of rotatable bonds is 3. The molecule has 2 atom stereocenters. The Balaban J connectivity index is 1.65. The molecule has 2 aromatic carbocycles. The van der Waals surface area contributed by atoms with E-state index in [0.29, 0.717) is 50.9 Å². The van der Waals surface area contributed by atoms with Gasteiger partial charge in [-0.1, -0.05) is 43.1 Å². The number of carbonyl (C=O) groups excluding carboxylic acids is 1. The average molecular weight is 432 g/mol. The number of carbonyl (C=O) groups is 1. The van der Waals surface area contributed by atoms with Crippen molar-refractivity contribution in [3.05, 3.63) is 62.8 Å². The number of hydrogen-bond donors (Lipinski definition) is 1. The highest BCUT2D eigenvalue weighted by Crippen LogP contribution is 2.41. The number of likely N-dealkylation sites (tertiary alicyclic amines) is 1. The molecule has 1 N–H and O–H groups in total. The fraction of sp³-hybridized carbons (Fsp3) is 0.348. The molecule has 2 heterocycles. The average Bonchev–Trinajstić information content (AvgIpc) is 2.95. The molecule has 0 unspecified atom stereocenters. The fourth-order valence-corrected chi connectivity index (χ4v) is 4.82. The lowest BCUT2D eigenvalue weighted by molar-refractivity contribution is 0.101. The maximum atomic E-state index is 12.9. The van der Waals surface area contributed by atoms with E-state index in [9.17, 15) is 9.90 Å². The van der Waals surface area contributed by atoms with Gasteiger partial charge in [0.15, 0.2) is 5.76 Å². The monoisotopic (exact) mass is 431 g/mol. The lowest BCUT2D eigenvalue weighted by atomic mass is 9.91.